The first kappa shape index (κ1) is 24.2. The van der Waals surface area contributed by atoms with E-state index < -0.39 is 11.1 Å². The molecule has 3 aromatic rings. The molecule has 0 amide bonds. The Kier molecular flexibility index (Phi) is 7.84. The summed E-state index contributed by atoms with van der Waals surface area (Å²) in [6.45, 7) is 4.28. The first-order valence-corrected chi connectivity index (χ1v) is 12.2. The van der Waals surface area contributed by atoms with Crippen LogP contribution < -0.4 is 20.1 Å². The van der Waals surface area contributed by atoms with Gasteiger partial charge in [-0.1, -0.05) is 23.7 Å². The van der Waals surface area contributed by atoms with Gasteiger partial charge < -0.3 is 29.6 Å². The summed E-state index contributed by atoms with van der Waals surface area (Å²) in [5.74, 6) is 1.86. The number of nitrogens with zero attached hydrogens (tertiary/aromatic N) is 3. The number of aromatic nitrogens is 2. The van der Waals surface area contributed by atoms with E-state index >= 15 is 0 Å². The van der Waals surface area contributed by atoms with Gasteiger partial charge in [-0.05, 0) is 55.7 Å². The molecule has 2 heterocycles. The number of benzene rings is 2. The fraction of sp³-hybridized carbons (Fsp3) is 0.304. The molecule has 11 heteroatoms. The standard InChI is InChI=1S/C23H26ClN5O4S/c1-3-32-20-12-15(33-16-10-11-29(2)14-16)8-9-18(20)27-23-25-13-17(24)22(28-23)26-19-6-4-5-7-21(19)34(30)31/h4-9,12-13,16H,3,10-11,14H2,1-2H3,(H,30,31)(H2,25,26,27,28)/p-1. The minimum Gasteiger partial charge on any atom is -0.768 e. The van der Waals surface area contributed by atoms with Crippen molar-refractivity contribution in [2.45, 2.75) is 24.3 Å². The molecule has 0 aliphatic carbocycles. The van der Waals surface area contributed by atoms with E-state index in [2.05, 4.69) is 32.5 Å². The average molecular weight is 503 g/mol. The van der Waals surface area contributed by atoms with Crippen molar-refractivity contribution < 1.29 is 18.2 Å². The van der Waals surface area contributed by atoms with Gasteiger partial charge in [0.25, 0.3) is 0 Å². The van der Waals surface area contributed by atoms with E-state index in [1.165, 1.54) is 12.3 Å². The molecule has 34 heavy (non-hydrogen) atoms. The van der Waals surface area contributed by atoms with Crippen molar-refractivity contribution in [1.29, 1.82) is 0 Å². The first-order valence-electron chi connectivity index (χ1n) is 10.8. The van der Waals surface area contributed by atoms with Crippen LogP contribution in [0, 0.1) is 0 Å². The number of hydrogen-bond donors (Lipinski definition) is 2. The van der Waals surface area contributed by atoms with Crippen molar-refractivity contribution in [1.82, 2.24) is 14.9 Å². The highest BCUT2D eigenvalue weighted by molar-refractivity contribution is 7.79. The third-order valence-electron chi connectivity index (χ3n) is 5.21. The van der Waals surface area contributed by atoms with Crippen LogP contribution in [0.3, 0.4) is 0 Å². The smallest absolute Gasteiger partial charge is 0.229 e. The van der Waals surface area contributed by atoms with Crippen LogP contribution in [0.15, 0.2) is 53.6 Å². The van der Waals surface area contributed by atoms with Crippen molar-refractivity contribution in [3.8, 4) is 11.5 Å². The number of anilines is 4. The largest absolute Gasteiger partial charge is 0.768 e. The number of likely N-dealkylation sites (N-methyl/N-ethyl adjacent to an activating group) is 1. The summed E-state index contributed by atoms with van der Waals surface area (Å²) in [5, 5.41) is 6.36. The van der Waals surface area contributed by atoms with Gasteiger partial charge in [0.05, 0.1) is 24.2 Å². The molecule has 1 aliphatic rings. The number of hydrogen-bond acceptors (Lipinski definition) is 9. The Morgan fingerprint density at radius 3 is 2.79 bits per heavy atom. The van der Waals surface area contributed by atoms with Crippen molar-refractivity contribution >= 4 is 45.8 Å². The molecule has 1 aromatic heterocycles. The molecule has 2 aromatic carbocycles. The van der Waals surface area contributed by atoms with Gasteiger partial charge >= 0.3 is 0 Å². The second-order valence-corrected chi connectivity index (χ2v) is 9.07. The maximum absolute atomic E-state index is 11.5. The van der Waals surface area contributed by atoms with Gasteiger partial charge in [-0.3, -0.25) is 4.21 Å². The van der Waals surface area contributed by atoms with Crippen LogP contribution >= 0.6 is 11.6 Å². The minimum atomic E-state index is -2.42. The van der Waals surface area contributed by atoms with E-state index in [1.807, 2.05) is 25.1 Å². The highest BCUT2D eigenvalue weighted by atomic mass is 35.5. The van der Waals surface area contributed by atoms with E-state index in [0.29, 0.717) is 23.7 Å². The van der Waals surface area contributed by atoms with E-state index in [0.717, 1.165) is 25.3 Å². The molecule has 2 N–H and O–H groups in total. The Labute approximate surface area is 205 Å². The minimum absolute atomic E-state index is 0.106. The summed E-state index contributed by atoms with van der Waals surface area (Å²) >= 11 is 3.84. The Bertz CT molecular complexity index is 1180. The molecule has 2 unspecified atom stereocenters. The predicted octanol–water partition coefficient (Wildman–Crippen LogP) is 4.34. The van der Waals surface area contributed by atoms with E-state index in [4.69, 9.17) is 21.1 Å². The van der Waals surface area contributed by atoms with Crippen LogP contribution in [0.4, 0.5) is 23.1 Å². The molecular formula is C23H25ClN5O4S-. The lowest BCUT2D eigenvalue weighted by Gasteiger charge is -2.17. The predicted molar refractivity (Wildman–Crippen MR) is 131 cm³/mol. The van der Waals surface area contributed by atoms with Crippen LogP contribution in [0.25, 0.3) is 0 Å². The summed E-state index contributed by atoms with van der Waals surface area (Å²) in [5.41, 5.74) is 1.02. The van der Waals surface area contributed by atoms with Gasteiger partial charge in [0.2, 0.25) is 5.95 Å². The zero-order valence-electron chi connectivity index (χ0n) is 18.8. The van der Waals surface area contributed by atoms with E-state index in [1.54, 1.807) is 18.2 Å². The molecule has 180 valence electrons. The van der Waals surface area contributed by atoms with Crippen molar-refractivity contribution in [3.05, 3.63) is 53.7 Å². The first-order chi connectivity index (χ1) is 16.4. The molecule has 1 saturated heterocycles. The van der Waals surface area contributed by atoms with Gasteiger partial charge in [0.1, 0.15) is 22.6 Å². The molecule has 2 atom stereocenters. The Morgan fingerprint density at radius 1 is 1.24 bits per heavy atom. The molecule has 0 saturated carbocycles. The number of likely N-dealkylation sites (tertiary alicyclic amines) is 1. The monoisotopic (exact) mass is 502 g/mol. The molecule has 4 rings (SSSR count). The summed E-state index contributed by atoms with van der Waals surface area (Å²) < 4.78 is 34.9. The SMILES string of the molecule is CCOc1cc(OC2CCN(C)C2)ccc1Nc1ncc(Cl)c(Nc2ccccc2S(=O)[O-])n1. The highest BCUT2D eigenvalue weighted by Gasteiger charge is 2.21. The number of para-hydroxylation sites is 1. The van der Waals surface area contributed by atoms with Gasteiger partial charge in [-0.15, -0.1) is 0 Å². The lowest BCUT2D eigenvalue weighted by atomic mass is 10.2. The third-order valence-corrected chi connectivity index (χ3v) is 6.21. The quantitative estimate of drug-likeness (QED) is 0.412. The molecule has 1 fully saturated rings. The zero-order valence-corrected chi connectivity index (χ0v) is 20.4. The molecule has 0 bridgehead atoms. The van der Waals surface area contributed by atoms with Crippen molar-refractivity contribution in [2.24, 2.45) is 0 Å². The Hall–Kier alpha value is -2.92. The summed E-state index contributed by atoms with van der Waals surface area (Å²) in [4.78, 5) is 11.0. The van der Waals surface area contributed by atoms with Crippen LogP contribution in [0.1, 0.15) is 13.3 Å². The fourth-order valence-corrected chi connectivity index (χ4v) is 4.24. The summed E-state index contributed by atoms with van der Waals surface area (Å²) in [7, 11) is 2.08. The fourth-order valence-electron chi connectivity index (χ4n) is 3.62. The zero-order chi connectivity index (χ0) is 24.1. The Balaban J connectivity index is 1.54. The molecule has 1 aliphatic heterocycles. The van der Waals surface area contributed by atoms with Gasteiger partial charge in [0.15, 0.2) is 5.82 Å². The van der Waals surface area contributed by atoms with Crippen LogP contribution in [-0.2, 0) is 11.1 Å². The third kappa shape index (κ3) is 5.95. The lowest BCUT2D eigenvalue weighted by Crippen LogP contribution is -2.21. The molecule has 0 spiro atoms. The van der Waals surface area contributed by atoms with Crippen molar-refractivity contribution in [2.75, 3.05) is 37.4 Å². The Morgan fingerprint density at radius 2 is 2.06 bits per heavy atom. The van der Waals surface area contributed by atoms with Gasteiger partial charge in [-0.25, -0.2) is 4.98 Å². The average Bonchev–Trinajstić information content (AvgIpc) is 3.22. The number of ether oxygens (including phenoxy) is 2. The number of nitrogens with one attached hydrogen (secondary N) is 2. The summed E-state index contributed by atoms with van der Waals surface area (Å²) in [6, 6.07) is 12.0. The van der Waals surface area contributed by atoms with E-state index in [-0.39, 0.29) is 27.8 Å². The topological polar surface area (TPSA) is 112 Å². The van der Waals surface area contributed by atoms with E-state index in [9.17, 15) is 8.76 Å². The summed E-state index contributed by atoms with van der Waals surface area (Å²) in [6.07, 6.45) is 2.57. The van der Waals surface area contributed by atoms with Gasteiger partial charge in [0, 0.05) is 24.1 Å². The number of rotatable bonds is 9. The lowest BCUT2D eigenvalue weighted by molar-refractivity contribution is 0.207. The number of halogens is 1. The molecule has 9 nitrogen and oxygen atoms in total. The van der Waals surface area contributed by atoms with Crippen LogP contribution in [-0.4, -0.2) is 56.5 Å². The van der Waals surface area contributed by atoms with Crippen LogP contribution in [0.5, 0.6) is 11.5 Å². The highest BCUT2D eigenvalue weighted by Crippen LogP contribution is 2.33. The second kappa shape index (κ2) is 11.0. The second-order valence-electron chi connectivity index (χ2n) is 7.75. The molecule has 0 radical (unpaired) electrons. The normalized spacial score (nSPS) is 16.8. The maximum Gasteiger partial charge on any atom is 0.229 e. The van der Waals surface area contributed by atoms with Crippen LogP contribution in [0.2, 0.25) is 5.02 Å². The maximum atomic E-state index is 11.5. The molecular weight excluding hydrogens is 478 g/mol. The van der Waals surface area contributed by atoms with Crippen molar-refractivity contribution in [3.63, 3.8) is 0 Å². The van der Waals surface area contributed by atoms with Gasteiger partial charge in [-0.2, -0.15) is 4.98 Å².